The molecule has 0 atom stereocenters. The molecule has 82 valence electrons. The van der Waals surface area contributed by atoms with Gasteiger partial charge in [-0.25, -0.2) is 0 Å². The fourth-order valence-electron chi connectivity index (χ4n) is 1.34. The van der Waals surface area contributed by atoms with Crippen molar-refractivity contribution in [3.05, 3.63) is 30.1 Å². The zero-order valence-corrected chi connectivity index (χ0v) is 9.16. The highest BCUT2D eigenvalue weighted by molar-refractivity contribution is 5.74. The third-order valence-corrected chi connectivity index (χ3v) is 2.11. The number of nitrogens with one attached hydrogen (secondary N) is 1. The summed E-state index contributed by atoms with van der Waals surface area (Å²) in [5.41, 5.74) is 5.97. The Kier molecular flexibility index (Phi) is 3.80. The van der Waals surface area contributed by atoms with E-state index in [1.165, 1.54) is 0 Å². The average Bonchev–Trinajstić information content (AvgIpc) is 2.15. The summed E-state index contributed by atoms with van der Waals surface area (Å²) in [5, 5.41) is 3.27. The molecule has 0 spiro atoms. The van der Waals surface area contributed by atoms with Crippen LogP contribution >= 0.6 is 0 Å². The minimum absolute atomic E-state index is 0.276. The number of amides is 1. The van der Waals surface area contributed by atoms with E-state index in [1.54, 1.807) is 12.4 Å². The molecule has 0 bridgehead atoms. The smallest absolute Gasteiger partial charge is 0.219 e. The molecule has 0 aliphatic heterocycles. The Morgan fingerprint density at radius 2 is 2.33 bits per heavy atom. The summed E-state index contributed by atoms with van der Waals surface area (Å²) >= 11 is 0. The third kappa shape index (κ3) is 4.56. The van der Waals surface area contributed by atoms with Crippen LogP contribution in [0, 0.1) is 0 Å². The summed E-state index contributed by atoms with van der Waals surface area (Å²) in [6, 6.07) is 3.87. The van der Waals surface area contributed by atoms with Crippen molar-refractivity contribution >= 4 is 5.91 Å². The second-order valence-corrected chi connectivity index (χ2v) is 4.24. The number of carbonyl (C=O) groups is 1. The topological polar surface area (TPSA) is 68.0 Å². The monoisotopic (exact) mass is 207 g/mol. The molecule has 1 aromatic rings. The molecular formula is C11H17N3O. The molecule has 0 unspecified atom stereocenters. The Hall–Kier alpha value is -1.42. The molecular weight excluding hydrogens is 190 g/mol. The number of primary amides is 1. The van der Waals surface area contributed by atoms with Gasteiger partial charge in [0.2, 0.25) is 5.91 Å². The van der Waals surface area contributed by atoms with E-state index in [1.807, 2.05) is 26.0 Å². The number of aromatic nitrogens is 1. The summed E-state index contributed by atoms with van der Waals surface area (Å²) in [6.07, 6.45) is 3.86. The summed E-state index contributed by atoms with van der Waals surface area (Å²) in [4.78, 5) is 14.8. The first-order chi connectivity index (χ1) is 6.99. The zero-order chi connectivity index (χ0) is 11.3. The van der Waals surface area contributed by atoms with Crippen LogP contribution in [0.1, 0.15) is 25.8 Å². The van der Waals surface area contributed by atoms with Crippen molar-refractivity contribution in [3.8, 4) is 0 Å². The number of hydrogen-bond donors (Lipinski definition) is 2. The lowest BCUT2D eigenvalue weighted by Crippen LogP contribution is -2.42. The quantitative estimate of drug-likeness (QED) is 0.751. The first-order valence-corrected chi connectivity index (χ1v) is 4.92. The van der Waals surface area contributed by atoms with Gasteiger partial charge in [0.25, 0.3) is 0 Å². The standard InChI is InChI=1S/C11H17N3O/c1-11(2,6-10(12)15)14-8-9-4-3-5-13-7-9/h3-5,7,14H,6,8H2,1-2H3,(H2,12,15). The lowest BCUT2D eigenvalue weighted by atomic mass is 10.00. The molecule has 1 heterocycles. The summed E-state index contributed by atoms with van der Waals surface area (Å²) in [6.45, 7) is 4.59. The van der Waals surface area contributed by atoms with Gasteiger partial charge in [0.1, 0.15) is 0 Å². The first-order valence-electron chi connectivity index (χ1n) is 4.92. The maximum atomic E-state index is 10.8. The average molecular weight is 207 g/mol. The van der Waals surface area contributed by atoms with E-state index in [4.69, 9.17) is 5.73 Å². The molecule has 1 amide bonds. The van der Waals surface area contributed by atoms with Gasteiger partial charge in [-0.1, -0.05) is 6.07 Å². The summed E-state index contributed by atoms with van der Waals surface area (Å²) < 4.78 is 0. The Labute approximate surface area is 89.9 Å². The van der Waals surface area contributed by atoms with Gasteiger partial charge in [0.05, 0.1) is 0 Å². The maximum absolute atomic E-state index is 10.8. The Morgan fingerprint density at radius 3 is 2.87 bits per heavy atom. The molecule has 15 heavy (non-hydrogen) atoms. The van der Waals surface area contributed by atoms with Gasteiger partial charge in [-0.2, -0.15) is 0 Å². The molecule has 0 saturated heterocycles. The molecule has 0 aliphatic carbocycles. The predicted octanol–water partition coefficient (Wildman–Crippen LogP) is 0.825. The highest BCUT2D eigenvalue weighted by Gasteiger charge is 2.19. The van der Waals surface area contributed by atoms with Gasteiger partial charge in [0.15, 0.2) is 0 Å². The van der Waals surface area contributed by atoms with Crippen LogP contribution in [0.2, 0.25) is 0 Å². The van der Waals surface area contributed by atoms with E-state index in [-0.39, 0.29) is 11.4 Å². The number of rotatable bonds is 5. The normalized spacial score (nSPS) is 11.3. The van der Waals surface area contributed by atoms with Crippen molar-refractivity contribution in [3.63, 3.8) is 0 Å². The molecule has 0 radical (unpaired) electrons. The lowest BCUT2D eigenvalue weighted by Gasteiger charge is -2.24. The lowest BCUT2D eigenvalue weighted by molar-refractivity contribution is -0.119. The van der Waals surface area contributed by atoms with Gasteiger partial charge in [-0.3, -0.25) is 9.78 Å². The predicted molar refractivity (Wildman–Crippen MR) is 59.0 cm³/mol. The molecule has 3 N–H and O–H groups in total. The summed E-state index contributed by atoms with van der Waals surface area (Å²) in [7, 11) is 0. The second kappa shape index (κ2) is 4.89. The molecule has 0 fully saturated rings. The van der Waals surface area contributed by atoms with E-state index < -0.39 is 0 Å². The van der Waals surface area contributed by atoms with Crippen LogP contribution in [0.3, 0.4) is 0 Å². The molecule has 0 aromatic carbocycles. The Morgan fingerprint density at radius 1 is 1.60 bits per heavy atom. The first kappa shape index (κ1) is 11.7. The minimum atomic E-state index is -0.293. The van der Waals surface area contributed by atoms with Crippen molar-refractivity contribution in [2.45, 2.75) is 32.4 Å². The highest BCUT2D eigenvalue weighted by atomic mass is 16.1. The van der Waals surface area contributed by atoms with E-state index in [0.29, 0.717) is 13.0 Å². The minimum Gasteiger partial charge on any atom is -0.370 e. The van der Waals surface area contributed by atoms with Gasteiger partial charge < -0.3 is 11.1 Å². The molecule has 0 aliphatic rings. The van der Waals surface area contributed by atoms with Crippen molar-refractivity contribution in [1.29, 1.82) is 0 Å². The van der Waals surface area contributed by atoms with Crippen molar-refractivity contribution in [1.82, 2.24) is 10.3 Å². The van der Waals surface area contributed by atoms with Crippen molar-refractivity contribution < 1.29 is 4.79 Å². The van der Waals surface area contributed by atoms with Crippen LogP contribution in [0.15, 0.2) is 24.5 Å². The maximum Gasteiger partial charge on any atom is 0.219 e. The third-order valence-electron chi connectivity index (χ3n) is 2.11. The van der Waals surface area contributed by atoms with Crippen LogP contribution in [0.4, 0.5) is 0 Å². The Bertz CT molecular complexity index is 322. The number of hydrogen-bond acceptors (Lipinski definition) is 3. The highest BCUT2D eigenvalue weighted by Crippen LogP contribution is 2.08. The number of carbonyl (C=O) groups excluding carboxylic acids is 1. The van der Waals surface area contributed by atoms with E-state index in [9.17, 15) is 4.79 Å². The van der Waals surface area contributed by atoms with E-state index in [0.717, 1.165) is 5.56 Å². The SMILES string of the molecule is CC(C)(CC(N)=O)NCc1cccnc1. The van der Waals surface area contributed by atoms with Crippen LogP contribution in [-0.4, -0.2) is 16.4 Å². The van der Waals surface area contributed by atoms with Crippen LogP contribution in [0.5, 0.6) is 0 Å². The zero-order valence-electron chi connectivity index (χ0n) is 9.16. The molecule has 0 saturated carbocycles. The number of nitrogens with zero attached hydrogens (tertiary/aromatic N) is 1. The van der Waals surface area contributed by atoms with E-state index >= 15 is 0 Å². The van der Waals surface area contributed by atoms with Crippen LogP contribution < -0.4 is 11.1 Å². The summed E-state index contributed by atoms with van der Waals surface area (Å²) in [5.74, 6) is -0.293. The van der Waals surface area contributed by atoms with Crippen molar-refractivity contribution in [2.24, 2.45) is 5.73 Å². The molecule has 4 nitrogen and oxygen atoms in total. The van der Waals surface area contributed by atoms with Crippen LogP contribution in [-0.2, 0) is 11.3 Å². The number of nitrogens with two attached hydrogens (primary N) is 1. The largest absolute Gasteiger partial charge is 0.370 e. The van der Waals surface area contributed by atoms with Gasteiger partial charge in [0, 0.05) is 30.9 Å². The fourth-order valence-corrected chi connectivity index (χ4v) is 1.34. The van der Waals surface area contributed by atoms with E-state index in [2.05, 4.69) is 10.3 Å². The van der Waals surface area contributed by atoms with Gasteiger partial charge in [-0.15, -0.1) is 0 Å². The van der Waals surface area contributed by atoms with Crippen molar-refractivity contribution in [2.75, 3.05) is 0 Å². The van der Waals surface area contributed by atoms with Gasteiger partial charge >= 0.3 is 0 Å². The van der Waals surface area contributed by atoms with Gasteiger partial charge in [-0.05, 0) is 25.5 Å². The molecule has 1 aromatic heterocycles. The number of pyridine rings is 1. The Balaban J connectivity index is 2.46. The fraction of sp³-hybridized carbons (Fsp3) is 0.455. The van der Waals surface area contributed by atoms with Crippen LogP contribution in [0.25, 0.3) is 0 Å². The molecule has 4 heteroatoms. The molecule has 1 rings (SSSR count). The second-order valence-electron chi connectivity index (χ2n) is 4.24.